The summed E-state index contributed by atoms with van der Waals surface area (Å²) in [5.41, 5.74) is 3.74. The van der Waals surface area contributed by atoms with Crippen LogP contribution in [0.15, 0.2) is 55.1 Å². The molecule has 0 spiro atoms. The number of carbonyl (C=O) groups is 2. The standard InChI is InChI=1S/C22H24N2O3/c1-4-10-24(14-16-6-5-7-17(12-16)27-3)21(25)13-19-18-9-8-15(2)11-20(18)23-22(19)26/h4-9,11-12,19H,1,10,13-14H2,2-3H3,(H,23,26). The molecular weight excluding hydrogens is 340 g/mol. The molecule has 1 aliphatic rings. The first-order chi connectivity index (χ1) is 13.0. The second-order valence-electron chi connectivity index (χ2n) is 6.75. The van der Waals surface area contributed by atoms with E-state index in [1.54, 1.807) is 18.1 Å². The van der Waals surface area contributed by atoms with Crippen molar-refractivity contribution in [3.63, 3.8) is 0 Å². The molecule has 5 heteroatoms. The summed E-state index contributed by atoms with van der Waals surface area (Å²) < 4.78 is 5.25. The number of methoxy groups -OCH3 is 1. The van der Waals surface area contributed by atoms with Crippen LogP contribution < -0.4 is 10.1 Å². The molecule has 1 heterocycles. The molecule has 1 N–H and O–H groups in total. The Hall–Kier alpha value is -3.08. The van der Waals surface area contributed by atoms with Gasteiger partial charge in [-0.05, 0) is 41.8 Å². The van der Waals surface area contributed by atoms with Crippen LogP contribution in [0.2, 0.25) is 0 Å². The lowest BCUT2D eigenvalue weighted by molar-refractivity contribution is -0.133. The maximum atomic E-state index is 12.9. The molecule has 1 unspecified atom stereocenters. The largest absolute Gasteiger partial charge is 0.497 e. The number of ether oxygens (including phenoxy) is 1. The van der Waals surface area contributed by atoms with E-state index in [0.29, 0.717) is 13.1 Å². The van der Waals surface area contributed by atoms with Crippen molar-refractivity contribution >= 4 is 17.5 Å². The van der Waals surface area contributed by atoms with Crippen LogP contribution in [0.4, 0.5) is 5.69 Å². The van der Waals surface area contributed by atoms with Gasteiger partial charge in [0.15, 0.2) is 0 Å². The van der Waals surface area contributed by atoms with Crippen molar-refractivity contribution in [3.05, 3.63) is 71.8 Å². The number of amides is 2. The number of benzene rings is 2. The SMILES string of the molecule is C=CCN(Cc1cccc(OC)c1)C(=O)CC1C(=O)Nc2cc(C)ccc21. The highest BCUT2D eigenvalue weighted by atomic mass is 16.5. The molecule has 3 rings (SSSR count). The predicted molar refractivity (Wildman–Crippen MR) is 106 cm³/mol. The molecule has 2 aromatic rings. The Morgan fingerprint density at radius 2 is 2.11 bits per heavy atom. The molecule has 0 radical (unpaired) electrons. The number of hydrogen-bond donors (Lipinski definition) is 1. The molecule has 0 aliphatic carbocycles. The van der Waals surface area contributed by atoms with Crippen molar-refractivity contribution in [2.24, 2.45) is 0 Å². The van der Waals surface area contributed by atoms with Gasteiger partial charge in [0.1, 0.15) is 5.75 Å². The molecule has 27 heavy (non-hydrogen) atoms. The van der Waals surface area contributed by atoms with Gasteiger partial charge >= 0.3 is 0 Å². The molecule has 0 aromatic heterocycles. The fraction of sp³-hybridized carbons (Fsp3) is 0.273. The summed E-state index contributed by atoms with van der Waals surface area (Å²) in [6.07, 6.45) is 1.84. The fourth-order valence-electron chi connectivity index (χ4n) is 3.35. The molecule has 140 valence electrons. The van der Waals surface area contributed by atoms with Crippen molar-refractivity contribution in [2.75, 3.05) is 19.0 Å². The number of nitrogens with zero attached hydrogens (tertiary/aromatic N) is 1. The number of anilines is 1. The minimum absolute atomic E-state index is 0.0775. The Kier molecular flexibility index (Phi) is 5.60. The van der Waals surface area contributed by atoms with Crippen LogP contribution in [-0.4, -0.2) is 30.4 Å². The van der Waals surface area contributed by atoms with Gasteiger partial charge < -0.3 is 15.0 Å². The van der Waals surface area contributed by atoms with Crippen LogP contribution in [-0.2, 0) is 16.1 Å². The summed E-state index contributed by atoms with van der Waals surface area (Å²) in [7, 11) is 1.61. The molecule has 0 bridgehead atoms. The summed E-state index contributed by atoms with van der Waals surface area (Å²) in [5, 5.41) is 2.88. The normalized spacial score (nSPS) is 15.0. The highest BCUT2D eigenvalue weighted by Crippen LogP contribution is 2.35. The Labute approximate surface area is 159 Å². The van der Waals surface area contributed by atoms with Gasteiger partial charge in [-0.3, -0.25) is 9.59 Å². The van der Waals surface area contributed by atoms with Gasteiger partial charge in [-0.25, -0.2) is 0 Å². The van der Waals surface area contributed by atoms with Gasteiger partial charge in [-0.15, -0.1) is 6.58 Å². The van der Waals surface area contributed by atoms with E-state index in [-0.39, 0.29) is 18.2 Å². The van der Waals surface area contributed by atoms with Gasteiger partial charge in [-0.2, -0.15) is 0 Å². The van der Waals surface area contributed by atoms with E-state index in [1.165, 1.54) is 0 Å². The lowest BCUT2D eigenvalue weighted by Gasteiger charge is -2.23. The molecule has 0 saturated heterocycles. The third kappa shape index (κ3) is 4.19. The minimum atomic E-state index is -0.453. The zero-order valence-corrected chi connectivity index (χ0v) is 15.7. The van der Waals surface area contributed by atoms with E-state index in [0.717, 1.165) is 28.1 Å². The Morgan fingerprint density at radius 3 is 2.85 bits per heavy atom. The van der Waals surface area contributed by atoms with Crippen molar-refractivity contribution in [3.8, 4) is 5.75 Å². The van der Waals surface area contributed by atoms with Crippen molar-refractivity contribution in [1.82, 2.24) is 4.90 Å². The maximum Gasteiger partial charge on any atom is 0.232 e. The van der Waals surface area contributed by atoms with Crippen LogP contribution in [0.1, 0.15) is 29.0 Å². The van der Waals surface area contributed by atoms with E-state index < -0.39 is 5.92 Å². The minimum Gasteiger partial charge on any atom is -0.497 e. The van der Waals surface area contributed by atoms with Gasteiger partial charge in [0, 0.05) is 25.2 Å². The number of carbonyl (C=O) groups excluding carboxylic acids is 2. The van der Waals surface area contributed by atoms with E-state index >= 15 is 0 Å². The zero-order valence-electron chi connectivity index (χ0n) is 15.7. The number of fused-ring (bicyclic) bond motifs is 1. The van der Waals surface area contributed by atoms with E-state index in [1.807, 2.05) is 49.4 Å². The summed E-state index contributed by atoms with van der Waals surface area (Å²) in [4.78, 5) is 27.0. The maximum absolute atomic E-state index is 12.9. The summed E-state index contributed by atoms with van der Waals surface area (Å²) >= 11 is 0. The van der Waals surface area contributed by atoms with Gasteiger partial charge in [-0.1, -0.05) is 30.3 Å². The number of nitrogens with one attached hydrogen (secondary N) is 1. The predicted octanol–water partition coefficient (Wildman–Crippen LogP) is 3.64. The summed E-state index contributed by atoms with van der Waals surface area (Å²) in [5.74, 6) is 0.0962. The Bertz CT molecular complexity index is 876. The molecule has 2 aromatic carbocycles. The first-order valence-electron chi connectivity index (χ1n) is 8.95. The molecule has 5 nitrogen and oxygen atoms in total. The third-order valence-corrected chi connectivity index (χ3v) is 4.75. The second kappa shape index (κ2) is 8.08. The zero-order chi connectivity index (χ0) is 19.4. The summed E-state index contributed by atoms with van der Waals surface area (Å²) in [6.45, 7) is 6.59. The molecule has 1 aliphatic heterocycles. The molecular formula is C22H24N2O3. The average molecular weight is 364 g/mol. The quantitative estimate of drug-likeness (QED) is 0.763. The average Bonchev–Trinajstić information content (AvgIpc) is 2.96. The van der Waals surface area contributed by atoms with Crippen molar-refractivity contribution < 1.29 is 14.3 Å². The van der Waals surface area contributed by atoms with Crippen LogP contribution in [0.3, 0.4) is 0 Å². The van der Waals surface area contributed by atoms with Gasteiger partial charge in [0.25, 0.3) is 0 Å². The monoisotopic (exact) mass is 364 g/mol. The topological polar surface area (TPSA) is 58.6 Å². The molecule has 0 saturated carbocycles. The number of hydrogen-bond acceptors (Lipinski definition) is 3. The summed E-state index contributed by atoms with van der Waals surface area (Å²) in [6, 6.07) is 13.5. The van der Waals surface area contributed by atoms with Crippen LogP contribution in [0.5, 0.6) is 5.75 Å². The van der Waals surface area contributed by atoms with Crippen LogP contribution in [0.25, 0.3) is 0 Å². The van der Waals surface area contributed by atoms with E-state index in [2.05, 4.69) is 11.9 Å². The molecule has 0 fully saturated rings. The molecule has 2 amide bonds. The van der Waals surface area contributed by atoms with Crippen LogP contribution >= 0.6 is 0 Å². The van der Waals surface area contributed by atoms with E-state index in [4.69, 9.17) is 4.74 Å². The third-order valence-electron chi connectivity index (χ3n) is 4.75. The van der Waals surface area contributed by atoms with Gasteiger partial charge in [0.05, 0.1) is 13.0 Å². The van der Waals surface area contributed by atoms with Crippen molar-refractivity contribution in [2.45, 2.75) is 25.8 Å². The molecule has 1 atom stereocenters. The van der Waals surface area contributed by atoms with E-state index in [9.17, 15) is 9.59 Å². The van der Waals surface area contributed by atoms with Crippen molar-refractivity contribution in [1.29, 1.82) is 0 Å². The first-order valence-corrected chi connectivity index (χ1v) is 8.95. The first kappa shape index (κ1) is 18.7. The number of aryl methyl sites for hydroxylation is 1. The van der Waals surface area contributed by atoms with Crippen LogP contribution in [0, 0.1) is 6.92 Å². The fourth-order valence-corrected chi connectivity index (χ4v) is 3.35. The number of rotatable bonds is 7. The van der Waals surface area contributed by atoms with Gasteiger partial charge in [0.2, 0.25) is 11.8 Å². The highest BCUT2D eigenvalue weighted by Gasteiger charge is 2.33. The highest BCUT2D eigenvalue weighted by molar-refractivity contribution is 6.05. The lowest BCUT2D eigenvalue weighted by atomic mass is 9.95. The smallest absolute Gasteiger partial charge is 0.232 e. The Balaban J connectivity index is 1.76. The second-order valence-corrected chi connectivity index (χ2v) is 6.75. The Morgan fingerprint density at radius 1 is 1.30 bits per heavy atom. The lowest BCUT2D eigenvalue weighted by Crippen LogP contribution is -2.32.